The van der Waals surface area contributed by atoms with Crippen molar-refractivity contribution in [2.75, 3.05) is 18.4 Å². The molecule has 1 aromatic carbocycles. The molecular formula is C11H10BrClN2O3. The standard InChI is InChI=1S/C11H10BrClN2O3/c12-8-3-7(1-2-9(8)13)14-11(18)15-4-6(5-15)10(16)17/h1-3,6H,4-5H2,(H,14,18)(H,16,17). The molecule has 0 aromatic heterocycles. The average molecular weight is 334 g/mol. The molecule has 0 unspecified atom stereocenters. The molecule has 0 atom stereocenters. The predicted molar refractivity (Wildman–Crippen MR) is 70.9 cm³/mol. The molecule has 1 heterocycles. The zero-order valence-corrected chi connectivity index (χ0v) is 11.5. The van der Waals surface area contributed by atoms with Crippen molar-refractivity contribution in [3.05, 3.63) is 27.7 Å². The smallest absolute Gasteiger partial charge is 0.321 e. The molecular weight excluding hydrogens is 323 g/mol. The van der Waals surface area contributed by atoms with E-state index in [1.54, 1.807) is 18.2 Å². The number of anilines is 1. The molecule has 2 N–H and O–H groups in total. The van der Waals surface area contributed by atoms with Gasteiger partial charge in [-0.1, -0.05) is 11.6 Å². The first kappa shape index (κ1) is 13.2. The Balaban J connectivity index is 1.92. The lowest BCUT2D eigenvalue weighted by Crippen LogP contribution is -2.54. The van der Waals surface area contributed by atoms with Gasteiger partial charge in [-0.3, -0.25) is 4.79 Å². The third-order valence-electron chi connectivity index (χ3n) is 2.69. The van der Waals surface area contributed by atoms with Gasteiger partial charge in [0.2, 0.25) is 0 Å². The lowest BCUT2D eigenvalue weighted by Gasteiger charge is -2.36. The maximum atomic E-state index is 11.7. The fourth-order valence-corrected chi connectivity index (χ4v) is 2.07. The molecule has 1 aliphatic heterocycles. The summed E-state index contributed by atoms with van der Waals surface area (Å²) in [6.07, 6.45) is 0. The minimum atomic E-state index is -0.867. The number of nitrogens with zero attached hydrogens (tertiary/aromatic N) is 1. The van der Waals surface area contributed by atoms with E-state index in [0.717, 1.165) is 0 Å². The number of rotatable bonds is 2. The molecule has 96 valence electrons. The Labute approximate surface area is 117 Å². The zero-order valence-electron chi connectivity index (χ0n) is 9.19. The molecule has 0 bridgehead atoms. The molecule has 0 aliphatic carbocycles. The fourth-order valence-electron chi connectivity index (χ4n) is 1.58. The van der Waals surface area contributed by atoms with Gasteiger partial charge >= 0.3 is 12.0 Å². The van der Waals surface area contributed by atoms with Crippen LogP contribution in [0.15, 0.2) is 22.7 Å². The minimum absolute atomic E-state index is 0.246. The number of aliphatic carboxylic acids is 1. The van der Waals surface area contributed by atoms with Crippen LogP contribution in [0.25, 0.3) is 0 Å². The van der Waals surface area contributed by atoms with Gasteiger partial charge < -0.3 is 15.3 Å². The molecule has 7 heteroatoms. The van der Waals surface area contributed by atoms with Crippen molar-refractivity contribution < 1.29 is 14.7 Å². The van der Waals surface area contributed by atoms with E-state index in [4.69, 9.17) is 16.7 Å². The van der Waals surface area contributed by atoms with Gasteiger partial charge in [0.05, 0.1) is 10.9 Å². The summed E-state index contributed by atoms with van der Waals surface area (Å²) in [6, 6.07) is 4.73. The van der Waals surface area contributed by atoms with Gasteiger partial charge in [0.1, 0.15) is 0 Å². The highest BCUT2D eigenvalue weighted by Gasteiger charge is 2.35. The Morgan fingerprint density at radius 3 is 2.67 bits per heavy atom. The van der Waals surface area contributed by atoms with E-state index in [1.165, 1.54) is 4.90 Å². The highest BCUT2D eigenvalue weighted by molar-refractivity contribution is 9.10. The van der Waals surface area contributed by atoms with Crippen LogP contribution in [0.5, 0.6) is 0 Å². The third kappa shape index (κ3) is 2.76. The van der Waals surface area contributed by atoms with Gasteiger partial charge in [0, 0.05) is 23.2 Å². The Morgan fingerprint density at radius 1 is 1.44 bits per heavy atom. The number of carboxylic acids is 1. The van der Waals surface area contributed by atoms with Crippen LogP contribution in [-0.4, -0.2) is 35.1 Å². The zero-order chi connectivity index (χ0) is 13.3. The van der Waals surface area contributed by atoms with Crippen LogP contribution in [0.3, 0.4) is 0 Å². The first-order chi connectivity index (χ1) is 8.47. The van der Waals surface area contributed by atoms with E-state index in [-0.39, 0.29) is 19.1 Å². The van der Waals surface area contributed by atoms with Gasteiger partial charge in [-0.2, -0.15) is 0 Å². The number of carbonyl (C=O) groups excluding carboxylic acids is 1. The normalized spacial score (nSPS) is 15.1. The van der Waals surface area contributed by atoms with Gasteiger partial charge in [0.25, 0.3) is 0 Å². The molecule has 2 amide bonds. The number of amides is 2. The molecule has 5 nitrogen and oxygen atoms in total. The number of benzene rings is 1. The van der Waals surface area contributed by atoms with Crippen molar-refractivity contribution in [2.45, 2.75) is 0 Å². The maximum Gasteiger partial charge on any atom is 0.321 e. The summed E-state index contributed by atoms with van der Waals surface area (Å²) in [5.41, 5.74) is 0.607. The van der Waals surface area contributed by atoms with Crippen molar-refractivity contribution in [2.24, 2.45) is 5.92 Å². The van der Waals surface area contributed by atoms with Crippen LogP contribution < -0.4 is 5.32 Å². The number of hydrogen-bond acceptors (Lipinski definition) is 2. The van der Waals surface area contributed by atoms with E-state index >= 15 is 0 Å². The topological polar surface area (TPSA) is 69.6 Å². The van der Waals surface area contributed by atoms with Crippen molar-refractivity contribution in [3.63, 3.8) is 0 Å². The number of likely N-dealkylation sites (tertiary alicyclic amines) is 1. The second-order valence-corrected chi connectivity index (χ2v) is 5.26. The van der Waals surface area contributed by atoms with Crippen LogP contribution in [0, 0.1) is 5.92 Å². The Hall–Kier alpha value is -1.27. The first-order valence-corrected chi connectivity index (χ1v) is 6.38. The Bertz CT molecular complexity index is 503. The Kier molecular flexibility index (Phi) is 3.77. The predicted octanol–water partition coefficient (Wildman–Crippen LogP) is 2.65. The quantitative estimate of drug-likeness (QED) is 0.874. The van der Waals surface area contributed by atoms with Crippen molar-refractivity contribution in [1.29, 1.82) is 0 Å². The summed E-state index contributed by atoms with van der Waals surface area (Å²) in [5, 5.41) is 11.9. The average Bonchev–Trinajstić information content (AvgIpc) is 2.20. The minimum Gasteiger partial charge on any atom is -0.481 e. The Morgan fingerprint density at radius 2 is 2.11 bits per heavy atom. The summed E-state index contributed by atoms with van der Waals surface area (Å²) in [5.74, 6) is -1.32. The van der Waals surface area contributed by atoms with E-state index in [1.807, 2.05) is 0 Å². The van der Waals surface area contributed by atoms with Crippen molar-refractivity contribution in [1.82, 2.24) is 4.90 Å². The van der Waals surface area contributed by atoms with Gasteiger partial charge in [-0.15, -0.1) is 0 Å². The summed E-state index contributed by atoms with van der Waals surface area (Å²) >= 11 is 9.10. The summed E-state index contributed by atoms with van der Waals surface area (Å²) in [7, 11) is 0. The largest absolute Gasteiger partial charge is 0.481 e. The van der Waals surface area contributed by atoms with E-state index in [9.17, 15) is 9.59 Å². The second kappa shape index (κ2) is 5.16. The molecule has 0 spiro atoms. The lowest BCUT2D eigenvalue weighted by atomic mass is 10.0. The SMILES string of the molecule is O=C(O)C1CN(C(=O)Nc2ccc(Cl)c(Br)c2)C1. The second-order valence-electron chi connectivity index (χ2n) is 4.00. The lowest BCUT2D eigenvalue weighted by molar-refractivity contribution is -0.145. The van der Waals surface area contributed by atoms with Crippen molar-refractivity contribution >= 4 is 45.2 Å². The number of nitrogens with one attached hydrogen (secondary N) is 1. The summed E-state index contributed by atoms with van der Waals surface area (Å²) < 4.78 is 0.689. The number of carboxylic acid groups (broad SMARTS) is 1. The summed E-state index contributed by atoms with van der Waals surface area (Å²) in [4.78, 5) is 23.8. The van der Waals surface area contributed by atoms with Crippen LogP contribution >= 0.6 is 27.5 Å². The molecule has 1 saturated heterocycles. The fraction of sp³-hybridized carbons (Fsp3) is 0.273. The van der Waals surface area contributed by atoms with Crippen LogP contribution in [0.1, 0.15) is 0 Å². The van der Waals surface area contributed by atoms with Crippen LogP contribution in [0.2, 0.25) is 5.02 Å². The third-order valence-corrected chi connectivity index (χ3v) is 3.90. The number of hydrogen-bond donors (Lipinski definition) is 2. The number of carbonyl (C=O) groups is 2. The number of urea groups is 1. The van der Waals surface area contributed by atoms with Crippen LogP contribution in [0.4, 0.5) is 10.5 Å². The van der Waals surface area contributed by atoms with E-state index in [2.05, 4.69) is 21.2 Å². The number of halogens is 2. The molecule has 2 rings (SSSR count). The first-order valence-electron chi connectivity index (χ1n) is 5.21. The van der Waals surface area contributed by atoms with Gasteiger partial charge in [-0.05, 0) is 34.1 Å². The molecule has 1 fully saturated rings. The molecule has 0 saturated carbocycles. The maximum absolute atomic E-state index is 11.7. The monoisotopic (exact) mass is 332 g/mol. The highest BCUT2D eigenvalue weighted by Crippen LogP contribution is 2.26. The van der Waals surface area contributed by atoms with E-state index < -0.39 is 11.9 Å². The molecule has 1 aromatic rings. The molecule has 1 aliphatic rings. The van der Waals surface area contributed by atoms with Gasteiger partial charge in [0.15, 0.2) is 0 Å². The molecule has 0 radical (unpaired) electrons. The van der Waals surface area contributed by atoms with Crippen LogP contribution in [-0.2, 0) is 4.79 Å². The summed E-state index contributed by atoms with van der Waals surface area (Å²) in [6.45, 7) is 0.492. The van der Waals surface area contributed by atoms with Crippen molar-refractivity contribution in [3.8, 4) is 0 Å². The van der Waals surface area contributed by atoms with Gasteiger partial charge in [-0.25, -0.2) is 4.79 Å². The molecule has 18 heavy (non-hydrogen) atoms. The van der Waals surface area contributed by atoms with E-state index in [0.29, 0.717) is 15.2 Å². The highest BCUT2D eigenvalue weighted by atomic mass is 79.9.